The smallest absolute Gasteiger partial charge is 0.227 e. The minimum atomic E-state index is -0.000812. The van der Waals surface area contributed by atoms with Crippen LogP contribution in [0.5, 0.6) is 0 Å². The molecule has 0 N–H and O–H groups in total. The number of pyridine rings is 1. The summed E-state index contributed by atoms with van der Waals surface area (Å²) in [7, 11) is 0. The van der Waals surface area contributed by atoms with Gasteiger partial charge >= 0.3 is 0 Å². The second-order valence-corrected chi connectivity index (χ2v) is 7.41. The fraction of sp³-hybridized carbons (Fsp3) is 0.650. The van der Waals surface area contributed by atoms with Gasteiger partial charge in [0.15, 0.2) is 0 Å². The molecule has 25 heavy (non-hydrogen) atoms. The average molecular weight is 343 g/mol. The van der Waals surface area contributed by atoms with Crippen LogP contribution in [0.15, 0.2) is 24.5 Å². The van der Waals surface area contributed by atoms with E-state index in [1.54, 1.807) is 0 Å². The molecule has 1 aromatic rings. The number of aromatic nitrogens is 1. The highest BCUT2D eigenvalue weighted by molar-refractivity contribution is 5.84. The zero-order valence-corrected chi connectivity index (χ0v) is 15.2. The number of carbonyl (C=O) groups is 2. The molecule has 0 aromatic carbocycles. The van der Waals surface area contributed by atoms with Gasteiger partial charge in [0.05, 0.1) is 5.92 Å². The molecule has 3 heterocycles. The Kier molecular flexibility index (Phi) is 6.05. The lowest BCUT2D eigenvalue weighted by molar-refractivity contribution is -0.144. The van der Waals surface area contributed by atoms with E-state index >= 15 is 0 Å². The van der Waals surface area contributed by atoms with Crippen molar-refractivity contribution < 1.29 is 9.59 Å². The molecule has 2 amide bonds. The lowest BCUT2D eigenvalue weighted by Gasteiger charge is -2.37. The van der Waals surface area contributed by atoms with Crippen LogP contribution in [0.3, 0.4) is 0 Å². The van der Waals surface area contributed by atoms with E-state index in [1.807, 2.05) is 28.3 Å². The highest BCUT2D eigenvalue weighted by atomic mass is 16.2. The van der Waals surface area contributed by atoms with E-state index in [1.165, 1.54) is 5.56 Å². The molecule has 2 aliphatic heterocycles. The van der Waals surface area contributed by atoms with E-state index in [2.05, 4.69) is 18.0 Å². The molecule has 2 aliphatic rings. The Balaban J connectivity index is 1.49. The van der Waals surface area contributed by atoms with Gasteiger partial charge in [0.2, 0.25) is 11.8 Å². The van der Waals surface area contributed by atoms with Crippen LogP contribution >= 0.6 is 0 Å². The Labute approximate surface area is 150 Å². The van der Waals surface area contributed by atoms with Gasteiger partial charge in [-0.05, 0) is 49.7 Å². The topological polar surface area (TPSA) is 53.5 Å². The summed E-state index contributed by atoms with van der Waals surface area (Å²) in [5.74, 6) is 1.10. The van der Waals surface area contributed by atoms with Gasteiger partial charge in [-0.2, -0.15) is 0 Å². The zero-order valence-electron chi connectivity index (χ0n) is 15.2. The predicted octanol–water partition coefficient (Wildman–Crippen LogP) is 2.51. The number of amides is 2. The number of hydrogen-bond donors (Lipinski definition) is 0. The van der Waals surface area contributed by atoms with Crippen molar-refractivity contribution in [3.8, 4) is 0 Å². The molecule has 0 radical (unpaired) electrons. The summed E-state index contributed by atoms with van der Waals surface area (Å²) in [6, 6.07) is 4.12. The monoisotopic (exact) mass is 343 g/mol. The predicted molar refractivity (Wildman–Crippen MR) is 96.8 cm³/mol. The van der Waals surface area contributed by atoms with Gasteiger partial charge in [-0.25, -0.2) is 0 Å². The summed E-state index contributed by atoms with van der Waals surface area (Å²) in [6.45, 7) is 5.16. The van der Waals surface area contributed by atoms with Crippen molar-refractivity contribution in [1.29, 1.82) is 0 Å². The summed E-state index contributed by atoms with van der Waals surface area (Å²) in [5, 5.41) is 0. The third kappa shape index (κ3) is 4.59. The first-order chi connectivity index (χ1) is 12.2. The van der Waals surface area contributed by atoms with Gasteiger partial charge in [0.1, 0.15) is 0 Å². The Hall–Kier alpha value is -1.91. The molecule has 5 nitrogen and oxygen atoms in total. The molecule has 0 aliphatic carbocycles. The van der Waals surface area contributed by atoms with E-state index < -0.39 is 0 Å². The van der Waals surface area contributed by atoms with Gasteiger partial charge in [0, 0.05) is 45.0 Å². The number of nitrogens with zero attached hydrogens (tertiary/aromatic N) is 3. The fourth-order valence-electron chi connectivity index (χ4n) is 4.07. The number of hydrogen-bond acceptors (Lipinski definition) is 3. The summed E-state index contributed by atoms with van der Waals surface area (Å²) in [4.78, 5) is 32.9. The first-order valence-corrected chi connectivity index (χ1v) is 9.62. The van der Waals surface area contributed by atoms with Crippen LogP contribution in [0.1, 0.15) is 44.6 Å². The maximum Gasteiger partial charge on any atom is 0.227 e. The molecule has 136 valence electrons. The minimum Gasteiger partial charge on any atom is -0.342 e. The van der Waals surface area contributed by atoms with Crippen molar-refractivity contribution in [2.75, 3.05) is 26.2 Å². The average Bonchev–Trinajstić information content (AvgIpc) is 2.65. The summed E-state index contributed by atoms with van der Waals surface area (Å²) >= 11 is 0. The molecule has 1 aromatic heterocycles. The van der Waals surface area contributed by atoms with E-state index in [4.69, 9.17) is 0 Å². The molecular weight excluding hydrogens is 314 g/mol. The van der Waals surface area contributed by atoms with Crippen LogP contribution in [-0.2, 0) is 16.0 Å². The standard InChI is InChI=1S/C20H29N3O2/c1-2-10-23-15-18(5-6-19(23)24)20(25)22-11-7-16(8-12-22)13-17-4-3-9-21-14-17/h3-4,9,14,16,18H,2,5-8,10-13,15H2,1H3. The first-order valence-electron chi connectivity index (χ1n) is 9.62. The highest BCUT2D eigenvalue weighted by Crippen LogP contribution is 2.25. The molecule has 0 bridgehead atoms. The second kappa shape index (κ2) is 8.45. The summed E-state index contributed by atoms with van der Waals surface area (Å²) < 4.78 is 0. The SMILES string of the molecule is CCCN1CC(C(=O)N2CCC(Cc3cccnc3)CC2)CCC1=O. The third-order valence-electron chi connectivity index (χ3n) is 5.52. The highest BCUT2D eigenvalue weighted by Gasteiger charge is 2.33. The molecule has 0 spiro atoms. The molecule has 2 fully saturated rings. The van der Waals surface area contributed by atoms with Crippen LogP contribution in [0, 0.1) is 11.8 Å². The summed E-state index contributed by atoms with van der Waals surface area (Å²) in [5.41, 5.74) is 1.29. The van der Waals surface area contributed by atoms with Crippen LogP contribution in [0.2, 0.25) is 0 Å². The normalized spacial score (nSPS) is 22.3. The molecule has 2 saturated heterocycles. The zero-order chi connectivity index (χ0) is 17.6. The molecule has 1 unspecified atom stereocenters. The number of rotatable bonds is 5. The van der Waals surface area contributed by atoms with E-state index in [0.717, 1.165) is 45.3 Å². The molecule has 1 atom stereocenters. The van der Waals surface area contributed by atoms with Crippen LogP contribution in [0.4, 0.5) is 0 Å². The van der Waals surface area contributed by atoms with Crippen LogP contribution < -0.4 is 0 Å². The number of carbonyl (C=O) groups excluding carboxylic acids is 2. The Morgan fingerprint density at radius 1 is 1.28 bits per heavy atom. The second-order valence-electron chi connectivity index (χ2n) is 7.41. The van der Waals surface area contributed by atoms with Crippen molar-refractivity contribution in [1.82, 2.24) is 14.8 Å². The van der Waals surface area contributed by atoms with E-state index in [0.29, 0.717) is 25.3 Å². The van der Waals surface area contributed by atoms with Crippen molar-refractivity contribution in [3.05, 3.63) is 30.1 Å². The van der Waals surface area contributed by atoms with Gasteiger partial charge in [-0.15, -0.1) is 0 Å². The van der Waals surface area contributed by atoms with E-state index in [-0.39, 0.29) is 17.7 Å². The maximum atomic E-state index is 12.9. The summed E-state index contributed by atoms with van der Waals surface area (Å²) in [6.07, 6.45) is 9.11. The molecule has 0 saturated carbocycles. The fourth-order valence-corrected chi connectivity index (χ4v) is 4.07. The van der Waals surface area contributed by atoms with Crippen molar-refractivity contribution in [3.63, 3.8) is 0 Å². The molecule has 5 heteroatoms. The number of piperidine rings is 2. The largest absolute Gasteiger partial charge is 0.342 e. The van der Waals surface area contributed by atoms with Gasteiger partial charge in [-0.3, -0.25) is 14.6 Å². The first kappa shape index (κ1) is 17.9. The maximum absolute atomic E-state index is 12.9. The van der Waals surface area contributed by atoms with Gasteiger partial charge < -0.3 is 9.80 Å². The van der Waals surface area contributed by atoms with Gasteiger partial charge in [-0.1, -0.05) is 13.0 Å². The van der Waals surface area contributed by atoms with Crippen LogP contribution in [-0.4, -0.2) is 52.8 Å². The lowest BCUT2D eigenvalue weighted by atomic mass is 9.89. The van der Waals surface area contributed by atoms with Crippen molar-refractivity contribution >= 4 is 11.8 Å². The Morgan fingerprint density at radius 3 is 2.76 bits per heavy atom. The van der Waals surface area contributed by atoms with Gasteiger partial charge in [0.25, 0.3) is 0 Å². The third-order valence-corrected chi connectivity index (χ3v) is 5.52. The Bertz CT molecular complexity index is 582. The number of likely N-dealkylation sites (tertiary alicyclic amines) is 2. The van der Waals surface area contributed by atoms with Crippen molar-refractivity contribution in [2.45, 2.75) is 45.4 Å². The Morgan fingerprint density at radius 2 is 2.08 bits per heavy atom. The molecule has 3 rings (SSSR count). The quantitative estimate of drug-likeness (QED) is 0.825. The minimum absolute atomic E-state index is 0.000812. The van der Waals surface area contributed by atoms with E-state index in [9.17, 15) is 9.59 Å². The van der Waals surface area contributed by atoms with Crippen LogP contribution in [0.25, 0.3) is 0 Å². The van der Waals surface area contributed by atoms with Crippen molar-refractivity contribution in [2.24, 2.45) is 11.8 Å². The lowest BCUT2D eigenvalue weighted by Crippen LogP contribution is -2.49. The molecular formula is C20H29N3O2.